The predicted molar refractivity (Wildman–Crippen MR) is 137 cm³/mol. The molecule has 3 amide bonds. The van der Waals surface area contributed by atoms with Crippen molar-refractivity contribution in [3.05, 3.63) is 35.4 Å². The molecule has 36 heavy (non-hydrogen) atoms. The Morgan fingerprint density at radius 2 is 1.75 bits per heavy atom. The van der Waals surface area contributed by atoms with E-state index < -0.39 is 30.6 Å². The van der Waals surface area contributed by atoms with Gasteiger partial charge >= 0.3 is 0 Å². The summed E-state index contributed by atoms with van der Waals surface area (Å²) >= 11 is 0. The standard InChI is InChI=1S/C27H42N4O5/c1-6-8-13-29-26(33)23(19-11-9-18(5)10-12-19)31-15-21-24(36-22(16-31)35-21)27(34)30-20(14-17(3)4)25(32)28-7-2/h9-12,17,20-24H,6-8,13-16H2,1-5H3,(H,28,32)(H,29,33)(H,30,34)/t20-,21-,22-,23-,24-/m0/s1. The highest BCUT2D eigenvalue weighted by molar-refractivity contribution is 5.90. The van der Waals surface area contributed by atoms with E-state index in [0.717, 1.165) is 24.0 Å². The minimum absolute atomic E-state index is 0.0668. The molecule has 2 heterocycles. The van der Waals surface area contributed by atoms with E-state index in [9.17, 15) is 14.4 Å². The fourth-order valence-corrected chi connectivity index (χ4v) is 4.73. The summed E-state index contributed by atoms with van der Waals surface area (Å²) < 4.78 is 11.9. The van der Waals surface area contributed by atoms with E-state index in [0.29, 0.717) is 32.6 Å². The Labute approximate surface area is 214 Å². The number of fused-ring (bicyclic) bond motifs is 2. The van der Waals surface area contributed by atoms with Gasteiger partial charge < -0.3 is 25.4 Å². The number of nitrogens with zero attached hydrogens (tertiary/aromatic N) is 1. The Bertz CT molecular complexity index is 891. The van der Waals surface area contributed by atoms with Crippen LogP contribution in [0.3, 0.4) is 0 Å². The van der Waals surface area contributed by atoms with Crippen LogP contribution in [-0.2, 0) is 23.9 Å². The molecular formula is C27H42N4O5. The van der Waals surface area contributed by atoms with E-state index in [-0.39, 0.29) is 23.6 Å². The second kappa shape index (κ2) is 13.2. The summed E-state index contributed by atoms with van der Waals surface area (Å²) in [5.41, 5.74) is 2.01. The molecule has 5 atom stereocenters. The number of hydrogen-bond acceptors (Lipinski definition) is 6. The average molecular weight is 503 g/mol. The molecule has 0 spiro atoms. The zero-order valence-corrected chi connectivity index (χ0v) is 22.2. The third-order valence-corrected chi connectivity index (χ3v) is 6.55. The molecule has 1 aromatic carbocycles. The Hall–Kier alpha value is -2.49. The predicted octanol–water partition coefficient (Wildman–Crippen LogP) is 2.05. The zero-order valence-electron chi connectivity index (χ0n) is 22.2. The minimum Gasteiger partial charge on any atom is -0.355 e. The largest absolute Gasteiger partial charge is 0.355 e. The molecule has 0 radical (unpaired) electrons. The molecule has 2 aliphatic rings. The van der Waals surface area contributed by atoms with Gasteiger partial charge in [-0.15, -0.1) is 0 Å². The fourth-order valence-electron chi connectivity index (χ4n) is 4.73. The van der Waals surface area contributed by atoms with Crippen LogP contribution in [-0.4, -0.2) is 73.3 Å². The van der Waals surface area contributed by atoms with Crippen molar-refractivity contribution >= 4 is 17.7 Å². The maximum atomic E-state index is 13.3. The molecule has 2 aliphatic heterocycles. The van der Waals surface area contributed by atoms with Gasteiger partial charge in [-0.05, 0) is 38.2 Å². The fraction of sp³-hybridized carbons (Fsp3) is 0.667. The van der Waals surface area contributed by atoms with Crippen molar-refractivity contribution in [2.24, 2.45) is 5.92 Å². The average Bonchev–Trinajstić information content (AvgIpc) is 3.13. The highest BCUT2D eigenvalue weighted by atomic mass is 16.7. The maximum Gasteiger partial charge on any atom is 0.252 e. The van der Waals surface area contributed by atoms with Crippen molar-refractivity contribution in [3.8, 4) is 0 Å². The summed E-state index contributed by atoms with van der Waals surface area (Å²) in [5.74, 6) is -0.399. The number of ether oxygens (including phenoxy) is 2. The van der Waals surface area contributed by atoms with Crippen LogP contribution in [0.25, 0.3) is 0 Å². The van der Waals surface area contributed by atoms with Gasteiger partial charge in [-0.2, -0.15) is 0 Å². The van der Waals surface area contributed by atoms with Crippen LogP contribution in [0.1, 0.15) is 64.1 Å². The highest BCUT2D eigenvalue weighted by Crippen LogP contribution is 2.32. The number of rotatable bonds is 12. The molecule has 2 saturated heterocycles. The quantitative estimate of drug-likeness (QED) is 0.378. The number of hydrogen-bond donors (Lipinski definition) is 3. The minimum atomic E-state index is -0.842. The molecular weight excluding hydrogens is 460 g/mol. The Balaban J connectivity index is 1.73. The van der Waals surface area contributed by atoms with E-state index in [2.05, 4.69) is 22.9 Å². The zero-order chi connectivity index (χ0) is 26.2. The lowest BCUT2D eigenvalue weighted by Crippen LogP contribution is -2.54. The van der Waals surface area contributed by atoms with E-state index >= 15 is 0 Å². The van der Waals surface area contributed by atoms with Crippen molar-refractivity contribution in [2.75, 3.05) is 26.2 Å². The number of morpholine rings is 1. The molecule has 9 nitrogen and oxygen atoms in total. The molecule has 3 rings (SSSR count). The van der Waals surface area contributed by atoms with Gasteiger partial charge in [0.25, 0.3) is 5.91 Å². The first-order valence-electron chi connectivity index (χ1n) is 13.2. The molecule has 0 aromatic heterocycles. The van der Waals surface area contributed by atoms with Crippen LogP contribution in [0, 0.1) is 12.8 Å². The number of benzene rings is 1. The van der Waals surface area contributed by atoms with Gasteiger partial charge in [0.05, 0.1) is 6.54 Å². The third kappa shape index (κ3) is 7.27. The molecule has 3 N–H and O–H groups in total. The van der Waals surface area contributed by atoms with E-state index in [1.165, 1.54) is 0 Å². The first kappa shape index (κ1) is 28.1. The van der Waals surface area contributed by atoms with Gasteiger partial charge in [-0.1, -0.05) is 57.0 Å². The first-order chi connectivity index (χ1) is 17.2. The molecule has 0 aliphatic carbocycles. The number of carbonyl (C=O) groups is 3. The molecule has 2 bridgehead atoms. The summed E-state index contributed by atoms with van der Waals surface area (Å²) in [5, 5.41) is 8.73. The van der Waals surface area contributed by atoms with E-state index in [1.54, 1.807) is 0 Å². The van der Waals surface area contributed by atoms with Gasteiger partial charge in [-0.3, -0.25) is 19.3 Å². The first-order valence-corrected chi connectivity index (χ1v) is 13.2. The molecule has 200 valence electrons. The monoisotopic (exact) mass is 502 g/mol. The molecule has 0 saturated carbocycles. The molecule has 1 aromatic rings. The van der Waals surface area contributed by atoms with E-state index in [1.807, 2.05) is 56.9 Å². The van der Waals surface area contributed by atoms with Gasteiger partial charge in [0, 0.05) is 19.6 Å². The van der Waals surface area contributed by atoms with Gasteiger partial charge in [-0.25, -0.2) is 0 Å². The number of aryl methyl sites for hydroxylation is 1. The van der Waals surface area contributed by atoms with E-state index in [4.69, 9.17) is 9.47 Å². The lowest BCUT2D eigenvalue weighted by Gasteiger charge is -2.36. The van der Waals surface area contributed by atoms with Crippen LogP contribution < -0.4 is 16.0 Å². The van der Waals surface area contributed by atoms with Crippen molar-refractivity contribution in [1.82, 2.24) is 20.9 Å². The number of nitrogens with one attached hydrogen (secondary N) is 3. The SMILES string of the molecule is CCCCNC(=O)[C@H](c1ccc(C)cc1)N1C[C@H]2O[C@@H](C1)[C@@H](C(=O)N[C@@H](CC(C)C)C(=O)NCC)O2. The molecule has 0 unspecified atom stereocenters. The number of carbonyl (C=O) groups excluding carboxylic acids is 3. The van der Waals surface area contributed by atoms with Crippen molar-refractivity contribution in [3.63, 3.8) is 0 Å². The van der Waals surface area contributed by atoms with Crippen molar-refractivity contribution in [1.29, 1.82) is 0 Å². The van der Waals surface area contributed by atoms with Crippen LogP contribution in [0.5, 0.6) is 0 Å². The summed E-state index contributed by atoms with van der Waals surface area (Å²) in [6.45, 7) is 11.8. The van der Waals surface area contributed by atoms with Crippen LogP contribution >= 0.6 is 0 Å². The smallest absolute Gasteiger partial charge is 0.252 e. The van der Waals surface area contributed by atoms with Crippen molar-refractivity contribution < 1.29 is 23.9 Å². The van der Waals surface area contributed by atoms with Gasteiger partial charge in [0.15, 0.2) is 12.4 Å². The Morgan fingerprint density at radius 3 is 2.39 bits per heavy atom. The van der Waals surface area contributed by atoms with Gasteiger partial charge in [0.2, 0.25) is 11.8 Å². The third-order valence-electron chi connectivity index (χ3n) is 6.55. The highest BCUT2D eigenvalue weighted by Gasteiger charge is 2.48. The number of unbranched alkanes of at least 4 members (excludes halogenated alkanes) is 1. The molecule has 2 fully saturated rings. The number of amides is 3. The second-order valence-corrected chi connectivity index (χ2v) is 10.2. The van der Waals surface area contributed by atoms with Crippen LogP contribution in [0.4, 0.5) is 0 Å². The van der Waals surface area contributed by atoms with Crippen LogP contribution in [0.15, 0.2) is 24.3 Å². The lowest BCUT2D eigenvalue weighted by atomic mass is 10.0. The van der Waals surface area contributed by atoms with Crippen molar-refractivity contribution in [2.45, 2.75) is 84.5 Å². The number of likely N-dealkylation sites (N-methyl/N-ethyl adjacent to an activating group) is 1. The lowest BCUT2D eigenvalue weighted by molar-refractivity contribution is -0.143. The topological polar surface area (TPSA) is 109 Å². The summed E-state index contributed by atoms with van der Waals surface area (Å²) in [6, 6.07) is 6.81. The summed E-state index contributed by atoms with van der Waals surface area (Å²) in [4.78, 5) is 41.0. The summed E-state index contributed by atoms with van der Waals surface area (Å²) in [6.07, 6.45) is 0.438. The molecule has 9 heteroatoms. The second-order valence-electron chi connectivity index (χ2n) is 10.2. The normalized spacial score (nSPS) is 23.2. The maximum absolute atomic E-state index is 13.3. The summed E-state index contributed by atoms with van der Waals surface area (Å²) in [7, 11) is 0. The van der Waals surface area contributed by atoms with Crippen LogP contribution in [0.2, 0.25) is 0 Å². The Morgan fingerprint density at radius 1 is 1.03 bits per heavy atom. The Kier molecular flexibility index (Phi) is 10.3. The van der Waals surface area contributed by atoms with Gasteiger partial charge in [0.1, 0.15) is 18.2 Å².